The molecule has 2 aromatic rings. The molecule has 2 fully saturated rings. The third kappa shape index (κ3) is 6.18. The van der Waals surface area contributed by atoms with E-state index in [2.05, 4.69) is 10.2 Å². The van der Waals surface area contributed by atoms with E-state index in [4.69, 9.17) is 10.00 Å². The number of amides is 2. The Morgan fingerprint density at radius 2 is 1.77 bits per heavy atom. The lowest BCUT2D eigenvalue weighted by Gasteiger charge is -2.40. The largest absolute Gasteiger partial charge is 0.491 e. The molecule has 0 aliphatic carbocycles. The van der Waals surface area contributed by atoms with Crippen LogP contribution >= 0.6 is 11.8 Å². The number of piperazine rings is 1. The van der Waals surface area contributed by atoms with E-state index in [0.717, 1.165) is 12.8 Å². The van der Waals surface area contributed by atoms with Gasteiger partial charge >= 0.3 is 11.5 Å². The van der Waals surface area contributed by atoms with Crippen LogP contribution in [-0.4, -0.2) is 59.7 Å². The predicted octanol–water partition coefficient (Wildman–Crippen LogP) is 4.80. The second-order valence-corrected chi connectivity index (χ2v) is 9.45. The number of benzene rings is 2. The molecule has 2 amide bonds. The molecule has 35 heavy (non-hydrogen) atoms. The van der Waals surface area contributed by atoms with E-state index in [0.29, 0.717) is 48.8 Å². The van der Waals surface area contributed by atoms with Crippen molar-refractivity contribution in [1.82, 2.24) is 9.80 Å². The van der Waals surface area contributed by atoms with Crippen molar-refractivity contribution >= 4 is 23.5 Å². The second kappa shape index (κ2) is 10.5. The number of halogens is 3. The monoisotopic (exact) mass is 501 g/mol. The smallest absolute Gasteiger partial charge is 0.446 e. The molecule has 7 nitrogen and oxygen atoms in total. The molecule has 1 N–H and O–H groups in total. The molecular weight excluding hydrogens is 479 g/mol. The zero-order valence-electron chi connectivity index (χ0n) is 18.6. The van der Waals surface area contributed by atoms with Crippen molar-refractivity contribution in [3.63, 3.8) is 0 Å². The standard InChI is InChI=1S/C24H22F3N5O2S/c25-24(26,27)35-21-6-2-18(3-7-21)30-23(33)31-14-19-4-5-20(15-31)32(19)9-10-34-22-8-1-16(12-28)11-17(22)13-29/h1-3,6-8,11,19-20H,4-5,9-10,14-15H2,(H,30,33). The van der Waals surface area contributed by atoms with Crippen molar-refractivity contribution in [3.05, 3.63) is 53.6 Å². The number of urea groups is 1. The number of nitrogens with one attached hydrogen (secondary N) is 1. The number of ether oxygens (including phenoxy) is 1. The molecule has 11 heteroatoms. The molecule has 2 aromatic carbocycles. The number of anilines is 1. The highest BCUT2D eigenvalue weighted by molar-refractivity contribution is 8.00. The molecule has 2 saturated heterocycles. The number of fused-ring (bicyclic) bond motifs is 2. The van der Waals surface area contributed by atoms with Crippen LogP contribution in [0.25, 0.3) is 0 Å². The molecule has 4 rings (SSSR count). The fraction of sp³-hybridized carbons (Fsp3) is 0.375. The Balaban J connectivity index is 1.28. The van der Waals surface area contributed by atoms with Gasteiger partial charge in [0.05, 0.1) is 17.2 Å². The lowest BCUT2D eigenvalue weighted by atomic mass is 10.1. The third-order valence-corrected chi connectivity index (χ3v) is 6.84. The first-order chi connectivity index (χ1) is 16.8. The number of hydrogen-bond acceptors (Lipinski definition) is 6. The SMILES string of the molecule is N#Cc1ccc(OCCN2C3CCC2CN(C(=O)Nc2ccc(SC(F)(F)F)cc2)C3)c(C#N)c1. The van der Waals surface area contributed by atoms with Gasteiger partial charge in [0.25, 0.3) is 0 Å². The first-order valence-corrected chi connectivity index (χ1v) is 11.8. The van der Waals surface area contributed by atoms with Gasteiger partial charge in [-0.15, -0.1) is 0 Å². The summed E-state index contributed by atoms with van der Waals surface area (Å²) in [6, 6.07) is 14.5. The molecule has 0 aromatic heterocycles. The van der Waals surface area contributed by atoms with Crippen LogP contribution in [0.2, 0.25) is 0 Å². The number of rotatable bonds is 6. The van der Waals surface area contributed by atoms with Crippen molar-refractivity contribution in [3.8, 4) is 17.9 Å². The van der Waals surface area contributed by atoms with Crippen LogP contribution in [0.1, 0.15) is 24.0 Å². The minimum absolute atomic E-state index is 0.0623. The normalized spacial score (nSPS) is 19.6. The molecule has 182 valence electrons. The number of hydrogen-bond donors (Lipinski definition) is 1. The van der Waals surface area contributed by atoms with Gasteiger partial charge in [-0.25, -0.2) is 4.79 Å². The van der Waals surface area contributed by atoms with Crippen LogP contribution in [0.3, 0.4) is 0 Å². The van der Waals surface area contributed by atoms with Gasteiger partial charge in [-0.3, -0.25) is 4.90 Å². The topological polar surface area (TPSA) is 92.4 Å². The molecule has 2 bridgehead atoms. The molecule has 2 aliphatic rings. The fourth-order valence-corrected chi connectivity index (χ4v) is 5.08. The van der Waals surface area contributed by atoms with Crippen LogP contribution in [0, 0.1) is 22.7 Å². The summed E-state index contributed by atoms with van der Waals surface area (Å²) in [4.78, 5) is 16.9. The Hall–Kier alpha value is -3.41. The zero-order valence-corrected chi connectivity index (χ0v) is 19.4. The summed E-state index contributed by atoms with van der Waals surface area (Å²) in [5.41, 5.74) is -3.19. The Labute approximate surface area is 205 Å². The zero-order chi connectivity index (χ0) is 25.0. The Morgan fingerprint density at radius 3 is 2.37 bits per heavy atom. The first-order valence-electron chi connectivity index (χ1n) is 11.0. The summed E-state index contributed by atoms with van der Waals surface area (Å²) >= 11 is -0.194. The van der Waals surface area contributed by atoms with E-state index in [1.807, 2.05) is 12.1 Å². The summed E-state index contributed by atoms with van der Waals surface area (Å²) in [6.45, 7) is 2.12. The highest BCUT2D eigenvalue weighted by Crippen LogP contribution is 2.37. The van der Waals surface area contributed by atoms with Crippen molar-refractivity contribution in [1.29, 1.82) is 10.5 Å². The average molecular weight is 502 g/mol. The lowest BCUT2D eigenvalue weighted by Crippen LogP contribution is -2.56. The number of carbonyl (C=O) groups is 1. The maximum atomic E-state index is 12.8. The number of nitrogens with zero attached hydrogens (tertiary/aromatic N) is 4. The molecule has 2 heterocycles. The number of carbonyl (C=O) groups excluding carboxylic acids is 1. The van der Waals surface area contributed by atoms with Crippen molar-refractivity contribution in [2.75, 3.05) is 31.6 Å². The van der Waals surface area contributed by atoms with E-state index in [-0.39, 0.29) is 34.8 Å². The highest BCUT2D eigenvalue weighted by atomic mass is 32.2. The van der Waals surface area contributed by atoms with E-state index in [9.17, 15) is 23.2 Å². The predicted molar refractivity (Wildman–Crippen MR) is 124 cm³/mol. The van der Waals surface area contributed by atoms with Gasteiger partial charge in [-0.1, -0.05) is 0 Å². The Kier molecular flexibility index (Phi) is 7.39. The summed E-state index contributed by atoms with van der Waals surface area (Å²) in [5.74, 6) is 0.441. The molecular formula is C24H22F3N5O2S. The minimum atomic E-state index is -4.35. The number of thioether (sulfide) groups is 1. The summed E-state index contributed by atoms with van der Waals surface area (Å²) in [7, 11) is 0. The van der Waals surface area contributed by atoms with E-state index in [1.54, 1.807) is 17.0 Å². The quantitative estimate of drug-likeness (QED) is 0.572. The Bertz CT molecular complexity index is 1150. The maximum absolute atomic E-state index is 12.8. The summed E-state index contributed by atoms with van der Waals surface area (Å²) in [5, 5.41) is 21.0. The lowest BCUT2D eigenvalue weighted by molar-refractivity contribution is -0.0328. The van der Waals surface area contributed by atoms with Crippen molar-refractivity contribution in [2.45, 2.75) is 35.3 Å². The van der Waals surface area contributed by atoms with E-state index >= 15 is 0 Å². The second-order valence-electron chi connectivity index (χ2n) is 8.31. The molecule has 2 unspecified atom stereocenters. The van der Waals surface area contributed by atoms with Gasteiger partial charge in [0, 0.05) is 42.3 Å². The molecule has 0 radical (unpaired) electrons. The molecule has 0 saturated carbocycles. The Morgan fingerprint density at radius 1 is 1.09 bits per heavy atom. The van der Waals surface area contributed by atoms with Crippen molar-refractivity contribution < 1.29 is 22.7 Å². The van der Waals surface area contributed by atoms with Gasteiger partial charge in [-0.05, 0) is 67.1 Å². The van der Waals surface area contributed by atoms with Gasteiger partial charge in [-0.2, -0.15) is 23.7 Å². The van der Waals surface area contributed by atoms with E-state index < -0.39 is 5.51 Å². The molecule has 2 atom stereocenters. The molecule has 2 aliphatic heterocycles. The van der Waals surface area contributed by atoms with Crippen molar-refractivity contribution in [2.24, 2.45) is 0 Å². The molecule has 0 spiro atoms. The summed E-state index contributed by atoms with van der Waals surface area (Å²) in [6.07, 6.45) is 1.91. The van der Waals surface area contributed by atoms with Crippen LogP contribution in [0.5, 0.6) is 5.75 Å². The van der Waals surface area contributed by atoms with Crippen LogP contribution in [0.4, 0.5) is 23.7 Å². The summed E-state index contributed by atoms with van der Waals surface area (Å²) < 4.78 is 43.3. The minimum Gasteiger partial charge on any atom is -0.491 e. The number of nitriles is 2. The first kappa shape index (κ1) is 24.7. The van der Waals surface area contributed by atoms with Crippen LogP contribution in [0.15, 0.2) is 47.4 Å². The van der Waals surface area contributed by atoms with Gasteiger partial charge < -0.3 is 15.0 Å². The van der Waals surface area contributed by atoms with Crippen LogP contribution < -0.4 is 10.1 Å². The highest BCUT2D eigenvalue weighted by Gasteiger charge is 2.41. The van der Waals surface area contributed by atoms with Gasteiger partial charge in [0.2, 0.25) is 0 Å². The van der Waals surface area contributed by atoms with Gasteiger partial charge in [0.1, 0.15) is 18.4 Å². The number of likely N-dealkylation sites (tertiary alicyclic amines) is 1. The van der Waals surface area contributed by atoms with E-state index in [1.165, 1.54) is 30.3 Å². The maximum Gasteiger partial charge on any atom is 0.446 e. The third-order valence-electron chi connectivity index (χ3n) is 6.10. The average Bonchev–Trinajstić information content (AvgIpc) is 3.06. The fourth-order valence-electron chi connectivity index (χ4n) is 4.54. The van der Waals surface area contributed by atoms with Gasteiger partial charge in [0.15, 0.2) is 0 Å². The number of alkyl halides is 3. The van der Waals surface area contributed by atoms with Crippen LogP contribution in [-0.2, 0) is 0 Å².